The van der Waals surface area contributed by atoms with Crippen LogP contribution in [0.15, 0.2) is 0 Å². The van der Waals surface area contributed by atoms with E-state index in [2.05, 4.69) is 6.92 Å². The van der Waals surface area contributed by atoms with Gasteiger partial charge in [0.2, 0.25) is 6.17 Å². The Labute approximate surface area is 79.1 Å². The lowest BCUT2D eigenvalue weighted by molar-refractivity contribution is -0.149. The van der Waals surface area contributed by atoms with Gasteiger partial charge >= 0.3 is 5.97 Å². The molecule has 0 spiro atoms. The molecule has 77 valence electrons. The van der Waals surface area contributed by atoms with Crippen LogP contribution >= 0.6 is 0 Å². The molecule has 0 aliphatic carbocycles. The van der Waals surface area contributed by atoms with E-state index in [1.165, 1.54) is 19.3 Å². The van der Waals surface area contributed by atoms with Gasteiger partial charge in [-0.25, -0.2) is 14.3 Å². The van der Waals surface area contributed by atoms with Crippen molar-refractivity contribution in [2.24, 2.45) is 0 Å². The Balaban J connectivity index is 3.11. The molecule has 13 heavy (non-hydrogen) atoms. The van der Waals surface area contributed by atoms with Crippen LogP contribution in [0, 0.1) is 0 Å². The van der Waals surface area contributed by atoms with Crippen molar-refractivity contribution in [1.82, 2.24) is 0 Å². The Morgan fingerprint density at radius 1 is 1.15 bits per heavy atom. The van der Waals surface area contributed by atoms with E-state index >= 15 is 0 Å². The maximum atomic E-state index is 12.4. The molecule has 2 nitrogen and oxygen atoms in total. The number of rotatable bonds is 8. The van der Waals surface area contributed by atoms with Crippen LogP contribution in [0.3, 0.4) is 0 Å². The largest absolute Gasteiger partial charge is 0.389 e. The van der Waals surface area contributed by atoms with Gasteiger partial charge in [-0.15, -0.1) is 0 Å². The number of hydrogen-bond donors (Lipinski definition) is 0. The second-order valence-corrected chi connectivity index (χ2v) is 3.34. The van der Waals surface area contributed by atoms with E-state index in [4.69, 9.17) is 0 Å². The highest BCUT2D eigenvalue weighted by Gasteiger charge is 2.16. The van der Waals surface area contributed by atoms with Gasteiger partial charge in [0.15, 0.2) is 0 Å². The minimum absolute atomic E-state index is 0.106. The van der Waals surface area contributed by atoms with Gasteiger partial charge in [-0.3, -0.25) is 0 Å². The molecule has 0 bridgehead atoms. The van der Waals surface area contributed by atoms with Crippen LogP contribution in [0.5, 0.6) is 0 Å². The highest BCUT2D eigenvalue weighted by Crippen LogP contribution is 2.10. The second kappa shape index (κ2) is 8.02. The Kier molecular flexibility index (Phi) is 7.65. The van der Waals surface area contributed by atoms with Crippen LogP contribution < -0.4 is 0 Å². The van der Waals surface area contributed by atoms with Crippen molar-refractivity contribution in [1.29, 1.82) is 0 Å². The Bertz CT molecular complexity index is 137. The Morgan fingerprint density at radius 3 is 2.23 bits per heavy atom. The zero-order valence-electron chi connectivity index (χ0n) is 8.22. The van der Waals surface area contributed by atoms with Gasteiger partial charge in [-0.05, 0) is 12.8 Å². The summed E-state index contributed by atoms with van der Waals surface area (Å²) in [6.07, 6.45) is 4.55. The monoisotopic (exact) mass is 189 g/mol. The molecule has 3 heteroatoms. The molecule has 0 aromatic rings. The van der Waals surface area contributed by atoms with Crippen molar-refractivity contribution in [3.05, 3.63) is 0 Å². The number of carbonyl (C=O) groups is 1. The Morgan fingerprint density at radius 2 is 1.69 bits per heavy atom. The smallest absolute Gasteiger partial charge is 0.244 e. The van der Waals surface area contributed by atoms with Crippen molar-refractivity contribution in [2.45, 2.75) is 58.0 Å². The fraction of sp³-hybridized carbons (Fsp3) is 0.900. The predicted octanol–water partition coefficient (Wildman–Crippen LogP) is 3.03. The third-order valence-corrected chi connectivity index (χ3v) is 2.07. The van der Waals surface area contributed by atoms with Crippen LogP contribution in [-0.4, -0.2) is 12.1 Å². The van der Waals surface area contributed by atoms with Crippen LogP contribution in [0.25, 0.3) is 0 Å². The lowest BCUT2D eigenvalue weighted by Gasteiger charge is -2.01. The summed E-state index contributed by atoms with van der Waals surface area (Å²) in [7, 11) is 0. The molecular weight excluding hydrogens is 171 g/mol. The SMILES string of the molecule is CCCCCCCCC(F)C([O])=O. The third kappa shape index (κ3) is 7.75. The fourth-order valence-corrected chi connectivity index (χ4v) is 1.22. The van der Waals surface area contributed by atoms with E-state index in [0.717, 1.165) is 12.8 Å². The van der Waals surface area contributed by atoms with Crippen molar-refractivity contribution in [3.8, 4) is 0 Å². The van der Waals surface area contributed by atoms with Gasteiger partial charge in [0.1, 0.15) is 0 Å². The standard InChI is InChI=1S/C10H18FO2/c1-2-3-4-5-6-7-8-9(11)10(12)13/h9H,2-8H2,1H3. The average Bonchev–Trinajstić information content (AvgIpc) is 2.10. The number of carbonyl (C=O) groups excluding carboxylic acids is 1. The molecule has 0 aliphatic rings. The third-order valence-electron chi connectivity index (χ3n) is 2.07. The van der Waals surface area contributed by atoms with Crippen LogP contribution in [0.1, 0.15) is 51.9 Å². The molecule has 1 radical (unpaired) electrons. The van der Waals surface area contributed by atoms with Crippen molar-refractivity contribution in [3.63, 3.8) is 0 Å². The molecule has 0 N–H and O–H groups in total. The first kappa shape index (κ1) is 12.4. The van der Waals surface area contributed by atoms with Crippen molar-refractivity contribution < 1.29 is 14.3 Å². The lowest BCUT2D eigenvalue weighted by Crippen LogP contribution is -2.12. The van der Waals surface area contributed by atoms with Gasteiger partial charge in [0.05, 0.1) is 0 Å². The highest BCUT2D eigenvalue weighted by atomic mass is 19.1. The molecule has 1 atom stereocenters. The van der Waals surface area contributed by atoms with Crippen molar-refractivity contribution >= 4 is 5.97 Å². The highest BCUT2D eigenvalue weighted by molar-refractivity contribution is 5.71. The summed E-state index contributed by atoms with van der Waals surface area (Å²) in [6, 6.07) is 0. The molecule has 0 heterocycles. The molecule has 0 aliphatic heterocycles. The quantitative estimate of drug-likeness (QED) is 0.541. The molecule has 1 unspecified atom stereocenters. The number of alkyl halides is 1. The van der Waals surface area contributed by atoms with E-state index in [1.54, 1.807) is 0 Å². The summed E-state index contributed by atoms with van der Waals surface area (Å²) < 4.78 is 12.4. The number of hydrogen-bond acceptors (Lipinski definition) is 1. The molecule has 0 aromatic heterocycles. The zero-order chi connectivity index (χ0) is 10.1. The summed E-state index contributed by atoms with van der Waals surface area (Å²) in [6.45, 7) is 2.13. The van der Waals surface area contributed by atoms with Crippen LogP contribution in [0.4, 0.5) is 4.39 Å². The lowest BCUT2D eigenvalue weighted by atomic mass is 10.1. The topological polar surface area (TPSA) is 37.0 Å². The maximum absolute atomic E-state index is 12.4. The van der Waals surface area contributed by atoms with E-state index in [-0.39, 0.29) is 6.42 Å². The molecule has 0 fully saturated rings. The normalized spacial score (nSPS) is 12.8. The fourth-order valence-electron chi connectivity index (χ4n) is 1.22. The second-order valence-electron chi connectivity index (χ2n) is 3.34. The summed E-state index contributed by atoms with van der Waals surface area (Å²) in [5, 5.41) is 9.98. The Hall–Kier alpha value is -0.600. The summed E-state index contributed by atoms with van der Waals surface area (Å²) in [5.74, 6) is -1.58. The summed E-state index contributed by atoms with van der Waals surface area (Å²) >= 11 is 0. The molecule has 0 aromatic carbocycles. The van der Waals surface area contributed by atoms with Gasteiger partial charge in [-0.2, -0.15) is 0 Å². The van der Waals surface area contributed by atoms with Gasteiger partial charge in [-0.1, -0.05) is 39.0 Å². The van der Waals surface area contributed by atoms with Gasteiger partial charge in [0, 0.05) is 0 Å². The minimum Gasteiger partial charge on any atom is -0.244 e. The molecular formula is C10H18FO2. The first-order valence-electron chi connectivity index (χ1n) is 5.03. The summed E-state index contributed by atoms with van der Waals surface area (Å²) in [5.41, 5.74) is 0. The first-order chi connectivity index (χ1) is 6.18. The molecule has 0 saturated heterocycles. The molecule has 0 saturated carbocycles. The zero-order valence-corrected chi connectivity index (χ0v) is 8.22. The predicted molar refractivity (Wildman–Crippen MR) is 48.6 cm³/mol. The maximum Gasteiger partial charge on any atom is 0.389 e. The van der Waals surface area contributed by atoms with E-state index < -0.39 is 12.1 Å². The van der Waals surface area contributed by atoms with E-state index in [1.807, 2.05) is 0 Å². The van der Waals surface area contributed by atoms with Crippen LogP contribution in [0.2, 0.25) is 0 Å². The van der Waals surface area contributed by atoms with Crippen LogP contribution in [-0.2, 0) is 9.90 Å². The molecule has 0 amide bonds. The number of unbranched alkanes of at least 4 members (excludes halogenated alkanes) is 5. The van der Waals surface area contributed by atoms with Gasteiger partial charge in [0.25, 0.3) is 0 Å². The average molecular weight is 189 g/mol. The first-order valence-corrected chi connectivity index (χ1v) is 5.03. The number of halogens is 1. The molecule has 0 rings (SSSR count). The van der Waals surface area contributed by atoms with Crippen molar-refractivity contribution in [2.75, 3.05) is 0 Å². The van der Waals surface area contributed by atoms with E-state index in [0.29, 0.717) is 6.42 Å². The minimum atomic E-state index is -1.77. The summed E-state index contributed by atoms with van der Waals surface area (Å²) in [4.78, 5) is 9.98. The van der Waals surface area contributed by atoms with E-state index in [9.17, 15) is 14.3 Å². The van der Waals surface area contributed by atoms with Gasteiger partial charge < -0.3 is 0 Å².